The number of hydrogen-bond acceptors (Lipinski definition) is 6. The first kappa shape index (κ1) is 32.1. The van der Waals surface area contributed by atoms with Crippen molar-refractivity contribution in [1.29, 1.82) is 0 Å². The summed E-state index contributed by atoms with van der Waals surface area (Å²) >= 11 is 42.6. The summed E-state index contributed by atoms with van der Waals surface area (Å²) in [4.78, 5) is 28.5. The Morgan fingerprint density at radius 3 is 0.545 bits per heavy atom. The molecule has 0 fully saturated rings. The molecule has 0 aromatic carbocycles. The van der Waals surface area contributed by atoms with Gasteiger partial charge in [-0.05, 0) is 0 Å². The number of aliphatic carboxylic acids is 3. The molecule has 0 aliphatic heterocycles. The van der Waals surface area contributed by atoms with Gasteiger partial charge in [-0.2, -0.15) is 0 Å². The van der Waals surface area contributed by atoms with E-state index in [0.29, 0.717) is 0 Å². The van der Waals surface area contributed by atoms with Gasteiger partial charge in [0.2, 0.25) is 11.4 Å². The van der Waals surface area contributed by atoms with E-state index in [1.807, 2.05) is 0 Å². The summed E-state index contributed by atoms with van der Waals surface area (Å²) < 4.78 is -6.83. The number of carbonyl (C=O) groups is 3. The first-order valence-corrected chi connectivity index (χ1v) is 7.08. The molecule has 16 heteroatoms. The molecule has 0 aromatic heterocycles. The topological polar surface area (TPSA) is 120 Å². The van der Waals surface area contributed by atoms with E-state index in [1.165, 1.54) is 0 Å². The molecule has 0 bridgehead atoms. The van der Waals surface area contributed by atoms with Crippen molar-refractivity contribution in [2.45, 2.75) is 11.4 Å². The predicted molar refractivity (Wildman–Crippen MR) is 75.9 cm³/mol. The average Bonchev–Trinajstić information content (AvgIpc) is 2.14. The standard InChI is InChI=1S/3C2HCl3O2.Ce/c3*3-2(4,5)1(6)7;/h3*(H,6,7);/q;;;+3/p-3. The van der Waals surface area contributed by atoms with Crippen molar-refractivity contribution in [2.75, 3.05) is 0 Å². The Morgan fingerprint density at radius 2 is 0.545 bits per heavy atom. The fourth-order valence-corrected chi connectivity index (χ4v) is 0. The van der Waals surface area contributed by atoms with Crippen LogP contribution in [0.2, 0.25) is 0 Å². The number of hydrogen-bond donors (Lipinski definition) is 0. The molecule has 1 radical (unpaired) electrons. The van der Waals surface area contributed by atoms with Crippen molar-refractivity contribution in [3.05, 3.63) is 0 Å². The van der Waals surface area contributed by atoms with Gasteiger partial charge in [-0.1, -0.05) is 104 Å². The smallest absolute Gasteiger partial charge is 0.545 e. The van der Waals surface area contributed by atoms with Crippen molar-refractivity contribution in [3.8, 4) is 0 Å². The summed E-state index contributed by atoms with van der Waals surface area (Å²) in [7, 11) is 0. The summed E-state index contributed by atoms with van der Waals surface area (Å²) in [6.07, 6.45) is 0. The molecule has 22 heavy (non-hydrogen) atoms. The van der Waals surface area contributed by atoms with Gasteiger partial charge < -0.3 is 29.7 Å². The number of halogens is 9. The Morgan fingerprint density at radius 1 is 0.500 bits per heavy atom. The van der Waals surface area contributed by atoms with E-state index >= 15 is 0 Å². The molecular formula is C6CeCl9O6. The van der Waals surface area contributed by atoms with E-state index in [0.717, 1.165) is 0 Å². The van der Waals surface area contributed by atoms with Crippen molar-refractivity contribution in [3.63, 3.8) is 0 Å². The number of alkyl halides is 9. The summed E-state index contributed by atoms with van der Waals surface area (Å²) in [6, 6.07) is 0. The van der Waals surface area contributed by atoms with Crippen molar-refractivity contribution >= 4 is 122 Å². The van der Waals surface area contributed by atoms with Crippen LogP contribution in [0, 0.1) is 41.7 Å². The van der Waals surface area contributed by atoms with Gasteiger partial charge in [-0.3, -0.25) is 0 Å². The van der Waals surface area contributed by atoms with Crippen LogP contribution in [-0.2, 0) is 14.4 Å². The molecule has 0 N–H and O–H groups in total. The van der Waals surface area contributed by atoms with Gasteiger partial charge in [0, 0.05) is 0 Å². The van der Waals surface area contributed by atoms with E-state index in [1.54, 1.807) is 0 Å². The van der Waals surface area contributed by atoms with Crippen LogP contribution in [-0.4, -0.2) is 29.3 Å². The molecule has 6 nitrogen and oxygen atoms in total. The van der Waals surface area contributed by atoms with Crippen LogP contribution in [0.4, 0.5) is 0 Å². The third kappa shape index (κ3) is 24.6. The maximum Gasteiger partial charge on any atom is 3.00 e. The van der Waals surface area contributed by atoms with Gasteiger partial charge in [0.15, 0.2) is 0 Å². The third-order valence-electron chi connectivity index (χ3n) is 0.694. The summed E-state index contributed by atoms with van der Waals surface area (Å²) in [5.74, 6) is -5.13. The Bertz CT molecular complexity index is 313. The Balaban J connectivity index is -0.000000108. The zero-order valence-electron chi connectivity index (χ0n) is 9.35. The van der Waals surface area contributed by atoms with Crippen molar-refractivity contribution in [1.82, 2.24) is 0 Å². The first-order chi connectivity index (χ1) is 8.83. The monoisotopic (exact) mass is 623 g/mol. The van der Waals surface area contributed by atoms with Crippen LogP contribution in [0.5, 0.6) is 0 Å². The number of carboxylic acid groups (broad SMARTS) is 3. The Kier molecular flexibility index (Phi) is 19.8. The SMILES string of the molecule is O=C([O-])C(Cl)(Cl)Cl.O=C([O-])C(Cl)(Cl)Cl.O=C([O-])C(Cl)(Cl)Cl.[Ce+3]. The molecule has 0 atom stereocenters. The van der Waals surface area contributed by atoms with Crippen molar-refractivity contribution in [2.24, 2.45) is 0 Å². The quantitative estimate of drug-likeness (QED) is 0.357. The molecule has 0 unspecified atom stereocenters. The molecule has 0 heterocycles. The molecule has 0 amide bonds. The fourth-order valence-electron chi connectivity index (χ4n) is 0. The second-order valence-electron chi connectivity index (χ2n) is 2.36. The Labute approximate surface area is 202 Å². The van der Waals surface area contributed by atoms with Crippen molar-refractivity contribution < 1.29 is 71.5 Å². The molecule has 127 valence electrons. The third-order valence-corrected chi connectivity index (χ3v) is 2.08. The van der Waals surface area contributed by atoms with Crippen LogP contribution < -0.4 is 15.3 Å². The predicted octanol–water partition coefficient (Wildman–Crippen LogP) is 0.319. The van der Waals surface area contributed by atoms with E-state index in [4.69, 9.17) is 104 Å². The van der Waals surface area contributed by atoms with Crippen LogP contribution in [0.15, 0.2) is 0 Å². The number of carbonyl (C=O) groups excluding carboxylic acids is 3. The zero-order chi connectivity index (χ0) is 18.2. The molecular weight excluding hydrogens is 627 g/mol. The normalized spacial score (nSPS) is 10.8. The average molecular weight is 627 g/mol. The van der Waals surface area contributed by atoms with Gasteiger partial charge in [0.25, 0.3) is 0 Å². The summed E-state index contributed by atoms with van der Waals surface area (Å²) in [6.45, 7) is 0. The number of rotatable bonds is 0. The Hall–Kier alpha value is 2.40. The van der Waals surface area contributed by atoms with Gasteiger partial charge in [-0.15, -0.1) is 0 Å². The molecule has 0 saturated carbocycles. The van der Waals surface area contributed by atoms with Gasteiger partial charge >= 0.3 is 41.7 Å². The number of carboxylic acids is 3. The minimum absolute atomic E-state index is 0. The van der Waals surface area contributed by atoms with Gasteiger partial charge in [-0.25, -0.2) is 0 Å². The second-order valence-corrected chi connectivity index (χ2v) is 9.20. The molecule has 0 aromatic rings. The van der Waals surface area contributed by atoms with Gasteiger partial charge in [0.1, 0.15) is 0 Å². The molecule has 0 saturated heterocycles. The largest absolute Gasteiger partial charge is 3.00 e. The van der Waals surface area contributed by atoms with E-state index in [-0.39, 0.29) is 41.7 Å². The maximum absolute atomic E-state index is 9.51. The minimum atomic E-state index is -2.28. The van der Waals surface area contributed by atoms with Crippen LogP contribution in [0.25, 0.3) is 0 Å². The molecule has 0 rings (SSSR count). The first-order valence-electron chi connectivity index (χ1n) is 3.68. The molecule has 0 spiro atoms. The van der Waals surface area contributed by atoms with Crippen LogP contribution in [0.3, 0.4) is 0 Å². The fraction of sp³-hybridized carbons (Fsp3) is 0.500. The van der Waals surface area contributed by atoms with Crippen LogP contribution >= 0.6 is 104 Å². The zero-order valence-corrected chi connectivity index (χ0v) is 19.3. The molecule has 0 aliphatic rings. The van der Waals surface area contributed by atoms with E-state index in [9.17, 15) is 29.7 Å². The van der Waals surface area contributed by atoms with E-state index < -0.39 is 29.3 Å². The summed E-state index contributed by atoms with van der Waals surface area (Å²) in [5.41, 5.74) is 0. The van der Waals surface area contributed by atoms with Gasteiger partial charge in [0.05, 0.1) is 17.9 Å². The van der Waals surface area contributed by atoms with E-state index in [2.05, 4.69) is 0 Å². The maximum atomic E-state index is 9.51. The molecule has 0 aliphatic carbocycles. The minimum Gasteiger partial charge on any atom is -0.545 e. The summed E-state index contributed by atoms with van der Waals surface area (Å²) in [5, 5.41) is 28.5. The van der Waals surface area contributed by atoms with Crippen LogP contribution in [0.1, 0.15) is 0 Å². The second kappa shape index (κ2) is 13.6.